The number of likely N-dealkylation sites (tertiary alicyclic amines) is 1. The molecule has 3 rings (SSSR count). The first-order valence-corrected chi connectivity index (χ1v) is 8.84. The van der Waals surface area contributed by atoms with Crippen LogP contribution in [0.25, 0.3) is 0 Å². The molecule has 1 aromatic heterocycles. The highest BCUT2D eigenvalue weighted by Gasteiger charge is 2.51. The Hall–Kier alpha value is -1.69. The minimum Gasteiger partial charge on any atom is -0.480 e. The van der Waals surface area contributed by atoms with Crippen molar-refractivity contribution in [2.24, 2.45) is 11.3 Å². The minimum absolute atomic E-state index is 0.180. The molecule has 24 heavy (non-hydrogen) atoms. The van der Waals surface area contributed by atoms with Crippen LogP contribution in [0.15, 0.2) is 10.9 Å². The number of aromatic nitrogens is 2. The predicted molar refractivity (Wildman–Crippen MR) is 91.2 cm³/mol. The van der Waals surface area contributed by atoms with Gasteiger partial charge in [-0.1, -0.05) is 13.8 Å². The van der Waals surface area contributed by atoms with E-state index in [1.165, 1.54) is 30.6 Å². The van der Waals surface area contributed by atoms with Crippen molar-refractivity contribution in [2.45, 2.75) is 52.5 Å². The zero-order valence-electron chi connectivity index (χ0n) is 14.8. The quantitative estimate of drug-likeness (QED) is 0.824. The third-order valence-corrected chi connectivity index (χ3v) is 5.20. The molecule has 0 aromatic carbocycles. The fraction of sp³-hybridized carbons (Fsp3) is 0.722. The molecule has 1 saturated heterocycles. The lowest BCUT2D eigenvalue weighted by Crippen LogP contribution is -2.49. The van der Waals surface area contributed by atoms with Gasteiger partial charge in [0.05, 0.1) is 5.69 Å². The fourth-order valence-corrected chi connectivity index (χ4v) is 3.62. The summed E-state index contributed by atoms with van der Waals surface area (Å²) in [5.41, 5.74) is 1.71. The maximum absolute atomic E-state index is 12.4. The standard InChI is InChI=1S/C18H27N3O3/c1-12(2)8-15(17(23)24)21-16(22)13(3)9-14(19-21)4-7-20-10-18(11-20)5-6-18/h9,12,15H,4-8,10-11H2,1-3H3,(H,23,24). The van der Waals surface area contributed by atoms with Crippen LogP contribution in [0.1, 0.15) is 50.4 Å². The van der Waals surface area contributed by atoms with E-state index in [0.717, 1.165) is 18.7 Å². The SMILES string of the molecule is Cc1cc(CCN2CC3(CC3)C2)nn(C(CC(C)C)C(=O)O)c1=O. The van der Waals surface area contributed by atoms with Gasteiger partial charge in [-0.25, -0.2) is 9.48 Å². The van der Waals surface area contributed by atoms with Crippen molar-refractivity contribution >= 4 is 5.97 Å². The van der Waals surface area contributed by atoms with E-state index in [1.54, 1.807) is 13.0 Å². The van der Waals surface area contributed by atoms with Gasteiger partial charge in [0.15, 0.2) is 6.04 Å². The Balaban J connectivity index is 1.74. The number of rotatable bonds is 7. The summed E-state index contributed by atoms with van der Waals surface area (Å²) in [5.74, 6) is -0.812. The average Bonchev–Trinajstić information content (AvgIpc) is 3.25. The van der Waals surface area contributed by atoms with Gasteiger partial charge in [-0.05, 0) is 43.6 Å². The number of aliphatic carboxylic acids is 1. The molecular formula is C18H27N3O3. The molecule has 0 bridgehead atoms. The number of carbonyl (C=O) groups is 1. The average molecular weight is 333 g/mol. The van der Waals surface area contributed by atoms with Crippen LogP contribution in [0, 0.1) is 18.3 Å². The van der Waals surface area contributed by atoms with Crippen molar-refractivity contribution < 1.29 is 9.90 Å². The van der Waals surface area contributed by atoms with Crippen molar-refractivity contribution in [3.05, 3.63) is 27.7 Å². The summed E-state index contributed by atoms with van der Waals surface area (Å²) in [6, 6.07) is 0.912. The topological polar surface area (TPSA) is 75.4 Å². The Morgan fingerprint density at radius 2 is 2.04 bits per heavy atom. The molecule has 1 saturated carbocycles. The second kappa shape index (κ2) is 6.31. The predicted octanol–water partition coefficient (Wildman–Crippen LogP) is 1.86. The van der Waals surface area contributed by atoms with Crippen LogP contribution < -0.4 is 5.56 Å². The van der Waals surface area contributed by atoms with E-state index in [2.05, 4.69) is 10.00 Å². The van der Waals surface area contributed by atoms with E-state index in [9.17, 15) is 14.7 Å². The minimum atomic E-state index is -0.992. The largest absolute Gasteiger partial charge is 0.480 e. The highest BCUT2D eigenvalue weighted by atomic mass is 16.4. The van der Waals surface area contributed by atoms with Crippen LogP contribution in [0.3, 0.4) is 0 Å². The van der Waals surface area contributed by atoms with Gasteiger partial charge in [0, 0.05) is 31.6 Å². The van der Waals surface area contributed by atoms with Gasteiger partial charge in [-0.15, -0.1) is 0 Å². The molecule has 1 aliphatic heterocycles. The smallest absolute Gasteiger partial charge is 0.328 e. The maximum atomic E-state index is 12.4. The summed E-state index contributed by atoms with van der Waals surface area (Å²) in [4.78, 5) is 26.4. The van der Waals surface area contributed by atoms with Crippen LogP contribution in [0.4, 0.5) is 0 Å². The molecule has 1 spiro atoms. The Kier molecular flexibility index (Phi) is 4.51. The van der Waals surface area contributed by atoms with Crippen molar-refractivity contribution in [3.63, 3.8) is 0 Å². The van der Waals surface area contributed by atoms with E-state index in [0.29, 0.717) is 17.4 Å². The lowest BCUT2D eigenvalue weighted by molar-refractivity contribution is -0.141. The normalized spacial score (nSPS) is 20.2. The van der Waals surface area contributed by atoms with Gasteiger partial charge < -0.3 is 10.0 Å². The van der Waals surface area contributed by atoms with E-state index in [-0.39, 0.29) is 11.5 Å². The summed E-state index contributed by atoms with van der Waals surface area (Å²) >= 11 is 0. The number of hydrogen-bond donors (Lipinski definition) is 1. The van der Waals surface area contributed by atoms with Crippen molar-refractivity contribution in [1.29, 1.82) is 0 Å². The van der Waals surface area contributed by atoms with Crippen molar-refractivity contribution in [3.8, 4) is 0 Å². The number of carboxylic acids is 1. The van der Waals surface area contributed by atoms with Gasteiger partial charge >= 0.3 is 5.97 Å². The summed E-state index contributed by atoms with van der Waals surface area (Å²) in [5, 5.41) is 13.9. The zero-order valence-corrected chi connectivity index (χ0v) is 14.8. The molecule has 6 heteroatoms. The molecule has 1 aromatic rings. The summed E-state index contributed by atoms with van der Waals surface area (Å²) < 4.78 is 1.19. The Morgan fingerprint density at radius 1 is 1.38 bits per heavy atom. The van der Waals surface area contributed by atoms with Crippen molar-refractivity contribution in [1.82, 2.24) is 14.7 Å². The Bertz CT molecular complexity index is 683. The molecular weight excluding hydrogens is 306 g/mol. The highest BCUT2D eigenvalue weighted by Crippen LogP contribution is 2.52. The van der Waals surface area contributed by atoms with E-state index >= 15 is 0 Å². The summed E-state index contributed by atoms with van der Waals surface area (Å²) in [6.07, 6.45) is 3.88. The van der Waals surface area contributed by atoms with Crippen LogP contribution >= 0.6 is 0 Å². The van der Waals surface area contributed by atoms with Gasteiger partial charge in [-0.2, -0.15) is 5.10 Å². The van der Waals surface area contributed by atoms with Crippen LogP contribution in [-0.4, -0.2) is 45.4 Å². The first-order chi connectivity index (χ1) is 11.3. The molecule has 0 amide bonds. The monoisotopic (exact) mass is 333 g/mol. The summed E-state index contributed by atoms with van der Waals surface area (Å²) in [7, 11) is 0. The van der Waals surface area contributed by atoms with Gasteiger partial charge in [0.2, 0.25) is 0 Å². The van der Waals surface area contributed by atoms with E-state index in [4.69, 9.17) is 0 Å². The van der Waals surface area contributed by atoms with E-state index in [1.807, 2.05) is 13.8 Å². The highest BCUT2D eigenvalue weighted by molar-refractivity contribution is 5.71. The van der Waals surface area contributed by atoms with Crippen molar-refractivity contribution in [2.75, 3.05) is 19.6 Å². The molecule has 132 valence electrons. The molecule has 2 heterocycles. The zero-order chi connectivity index (χ0) is 17.5. The van der Waals surface area contributed by atoms with Gasteiger partial charge in [0.1, 0.15) is 0 Å². The first-order valence-electron chi connectivity index (χ1n) is 8.84. The summed E-state index contributed by atoms with van der Waals surface area (Å²) in [6.45, 7) is 8.92. The molecule has 2 fully saturated rings. The van der Waals surface area contributed by atoms with Gasteiger partial charge in [-0.3, -0.25) is 4.79 Å². The third-order valence-electron chi connectivity index (χ3n) is 5.20. The molecule has 2 aliphatic rings. The van der Waals surface area contributed by atoms with Crippen LogP contribution in [0.2, 0.25) is 0 Å². The maximum Gasteiger partial charge on any atom is 0.328 e. The van der Waals surface area contributed by atoms with E-state index < -0.39 is 12.0 Å². The second-order valence-electron chi connectivity index (χ2n) is 8.01. The number of nitrogens with zero attached hydrogens (tertiary/aromatic N) is 3. The van der Waals surface area contributed by atoms with Gasteiger partial charge in [0.25, 0.3) is 5.56 Å². The molecule has 1 unspecified atom stereocenters. The van der Waals surface area contributed by atoms with Crippen LogP contribution in [0.5, 0.6) is 0 Å². The molecule has 1 N–H and O–H groups in total. The Morgan fingerprint density at radius 3 is 2.58 bits per heavy atom. The molecule has 1 atom stereocenters. The fourth-order valence-electron chi connectivity index (χ4n) is 3.62. The first kappa shape index (κ1) is 17.1. The lowest BCUT2D eigenvalue weighted by Gasteiger charge is -2.40. The molecule has 0 radical (unpaired) electrons. The number of aryl methyl sites for hydroxylation is 1. The molecule has 6 nitrogen and oxygen atoms in total. The Labute approximate surface area is 142 Å². The van der Waals surface area contributed by atoms with Crippen LogP contribution in [-0.2, 0) is 11.2 Å². The molecule has 1 aliphatic carbocycles. The number of hydrogen-bond acceptors (Lipinski definition) is 4. The third kappa shape index (κ3) is 3.53. The second-order valence-corrected chi connectivity index (χ2v) is 8.01. The number of carboxylic acid groups (broad SMARTS) is 1. The lowest BCUT2D eigenvalue weighted by atomic mass is 9.96.